The molecule has 0 unspecified atom stereocenters. The van der Waals surface area contributed by atoms with Crippen LogP contribution in [0, 0.1) is 5.95 Å². The monoisotopic (exact) mass is 129 g/mol. The fourth-order valence-electron chi connectivity index (χ4n) is 0.392. The zero-order valence-electron chi connectivity index (χ0n) is 4.00. The minimum absolute atomic E-state index is 0. The summed E-state index contributed by atoms with van der Waals surface area (Å²) < 4.78 is 11.9. The van der Waals surface area contributed by atoms with Gasteiger partial charge in [0.2, 0.25) is 5.95 Å². The SMILES string of the molecule is C.Oc1ccnc(F)c1. The van der Waals surface area contributed by atoms with Crippen LogP contribution in [0.3, 0.4) is 0 Å². The molecule has 0 fully saturated rings. The van der Waals surface area contributed by atoms with Crippen molar-refractivity contribution in [1.29, 1.82) is 0 Å². The maximum Gasteiger partial charge on any atom is 0.216 e. The van der Waals surface area contributed by atoms with Crippen LogP contribution in [0.4, 0.5) is 4.39 Å². The van der Waals surface area contributed by atoms with E-state index in [0.29, 0.717) is 0 Å². The van der Waals surface area contributed by atoms with Crippen LogP contribution in [0.2, 0.25) is 0 Å². The van der Waals surface area contributed by atoms with Gasteiger partial charge in [0.25, 0.3) is 0 Å². The predicted molar refractivity (Wildman–Crippen MR) is 32.6 cm³/mol. The molecule has 9 heavy (non-hydrogen) atoms. The second-order valence-corrected chi connectivity index (χ2v) is 1.34. The first-order valence-corrected chi connectivity index (χ1v) is 2.09. The van der Waals surface area contributed by atoms with Crippen molar-refractivity contribution in [2.45, 2.75) is 7.43 Å². The number of hydrogen-bond acceptors (Lipinski definition) is 2. The lowest BCUT2D eigenvalue weighted by Crippen LogP contribution is -1.76. The lowest BCUT2D eigenvalue weighted by molar-refractivity contribution is 0.464. The van der Waals surface area contributed by atoms with Crippen molar-refractivity contribution in [1.82, 2.24) is 4.98 Å². The molecule has 1 aromatic rings. The second-order valence-electron chi connectivity index (χ2n) is 1.34. The highest BCUT2D eigenvalue weighted by molar-refractivity contribution is 5.14. The van der Waals surface area contributed by atoms with E-state index in [1.807, 2.05) is 0 Å². The van der Waals surface area contributed by atoms with Gasteiger partial charge in [-0.25, -0.2) is 4.98 Å². The molecule has 1 heterocycles. The molecule has 0 radical (unpaired) electrons. The van der Waals surface area contributed by atoms with Gasteiger partial charge in [0, 0.05) is 12.3 Å². The number of nitrogens with zero attached hydrogens (tertiary/aromatic N) is 1. The number of rotatable bonds is 0. The molecule has 0 aromatic carbocycles. The predicted octanol–water partition coefficient (Wildman–Crippen LogP) is 1.56. The van der Waals surface area contributed by atoms with Gasteiger partial charge in [-0.15, -0.1) is 0 Å². The number of aromatic nitrogens is 1. The molecule has 0 aliphatic heterocycles. The van der Waals surface area contributed by atoms with Crippen molar-refractivity contribution in [3.63, 3.8) is 0 Å². The van der Waals surface area contributed by atoms with Crippen LogP contribution in [-0.4, -0.2) is 10.1 Å². The molecule has 50 valence electrons. The number of hydrogen-bond donors (Lipinski definition) is 1. The van der Waals surface area contributed by atoms with Gasteiger partial charge >= 0.3 is 0 Å². The van der Waals surface area contributed by atoms with Crippen LogP contribution in [-0.2, 0) is 0 Å². The zero-order chi connectivity index (χ0) is 5.98. The normalized spacial score (nSPS) is 8.11. The number of pyridine rings is 1. The summed E-state index contributed by atoms with van der Waals surface area (Å²) in [6.45, 7) is 0. The third-order valence-electron chi connectivity index (χ3n) is 0.710. The lowest BCUT2D eigenvalue weighted by Gasteiger charge is -1.86. The average Bonchev–Trinajstić information content (AvgIpc) is 1.64. The fourth-order valence-corrected chi connectivity index (χ4v) is 0.392. The van der Waals surface area contributed by atoms with Gasteiger partial charge < -0.3 is 5.11 Å². The molecule has 0 atom stereocenters. The highest BCUT2D eigenvalue weighted by atomic mass is 19.1. The molecule has 0 saturated heterocycles. The third kappa shape index (κ3) is 2.08. The second kappa shape index (κ2) is 3.02. The highest BCUT2D eigenvalue weighted by Crippen LogP contribution is 2.05. The Morgan fingerprint density at radius 3 is 2.56 bits per heavy atom. The van der Waals surface area contributed by atoms with Crippen LogP contribution >= 0.6 is 0 Å². The smallest absolute Gasteiger partial charge is 0.216 e. The van der Waals surface area contributed by atoms with E-state index in [4.69, 9.17) is 5.11 Å². The van der Waals surface area contributed by atoms with Crippen molar-refractivity contribution in [2.24, 2.45) is 0 Å². The first-order chi connectivity index (χ1) is 3.79. The standard InChI is InChI=1S/C5H4FNO.CH4/c6-5-3-4(8)1-2-7-5;/h1-3H,(H,7,8);1H4. The molecule has 1 N–H and O–H groups in total. The molecule has 1 rings (SSSR count). The molecule has 0 aliphatic carbocycles. The Morgan fingerprint density at radius 2 is 2.22 bits per heavy atom. The minimum Gasteiger partial charge on any atom is -0.508 e. The maximum atomic E-state index is 11.9. The molecule has 0 bridgehead atoms. The Balaban J connectivity index is 0.000000640. The van der Waals surface area contributed by atoms with Crippen molar-refractivity contribution >= 4 is 0 Å². The van der Waals surface area contributed by atoms with E-state index < -0.39 is 5.95 Å². The molecular weight excluding hydrogens is 121 g/mol. The van der Waals surface area contributed by atoms with Gasteiger partial charge in [0.05, 0.1) is 0 Å². The van der Waals surface area contributed by atoms with Crippen LogP contribution in [0.1, 0.15) is 7.43 Å². The molecule has 0 saturated carbocycles. The summed E-state index contributed by atoms with van der Waals surface area (Å²) in [7, 11) is 0. The quantitative estimate of drug-likeness (QED) is 0.539. The van der Waals surface area contributed by atoms with E-state index in [9.17, 15) is 4.39 Å². The van der Waals surface area contributed by atoms with Gasteiger partial charge in [0.1, 0.15) is 5.75 Å². The highest BCUT2D eigenvalue weighted by Gasteiger charge is 1.88. The molecule has 0 aliphatic rings. The van der Waals surface area contributed by atoms with Gasteiger partial charge in [-0.2, -0.15) is 4.39 Å². The molecule has 3 heteroatoms. The van der Waals surface area contributed by atoms with Crippen LogP contribution in [0.5, 0.6) is 5.75 Å². The van der Waals surface area contributed by atoms with Crippen LogP contribution in [0.15, 0.2) is 18.3 Å². The van der Waals surface area contributed by atoms with Crippen molar-refractivity contribution in [3.05, 3.63) is 24.3 Å². The number of aromatic hydroxyl groups is 1. The van der Waals surface area contributed by atoms with Gasteiger partial charge in [0.15, 0.2) is 0 Å². The number of halogens is 1. The summed E-state index contributed by atoms with van der Waals surface area (Å²) in [5.41, 5.74) is 0. The summed E-state index contributed by atoms with van der Waals surface area (Å²) in [4.78, 5) is 3.21. The molecule has 2 nitrogen and oxygen atoms in total. The lowest BCUT2D eigenvalue weighted by atomic mass is 10.5. The van der Waals surface area contributed by atoms with Crippen molar-refractivity contribution in [3.8, 4) is 5.75 Å². The largest absolute Gasteiger partial charge is 0.508 e. The molecule has 1 aromatic heterocycles. The third-order valence-corrected chi connectivity index (χ3v) is 0.710. The van der Waals surface area contributed by atoms with E-state index in [2.05, 4.69) is 4.98 Å². The Hall–Kier alpha value is -1.12. The summed E-state index contributed by atoms with van der Waals surface area (Å²) in [5, 5.41) is 8.53. The van der Waals surface area contributed by atoms with Gasteiger partial charge in [-0.1, -0.05) is 7.43 Å². The van der Waals surface area contributed by atoms with Crippen molar-refractivity contribution in [2.75, 3.05) is 0 Å². The van der Waals surface area contributed by atoms with Gasteiger partial charge in [-0.3, -0.25) is 0 Å². The van der Waals surface area contributed by atoms with Crippen molar-refractivity contribution < 1.29 is 9.50 Å². The summed E-state index contributed by atoms with van der Waals surface area (Å²) in [6, 6.07) is 2.25. The molecule has 0 spiro atoms. The van der Waals surface area contributed by atoms with E-state index in [-0.39, 0.29) is 13.2 Å². The Kier molecular flexibility index (Phi) is 2.64. The molecular formula is C6H8FNO. The molecule has 0 amide bonds. The van der Waals surface area contributed by atoms with Crippen LogP contribution < -0.4 is 0 Å². The summed E-state index contributed by atoms with van der Waals surface area (Å²) in [6.07, 6.45) is 1.20. The van der Waals surface area contributed by atoms with Gasteiger partial charge in [-0.05, 0) is 6.07 Å². The van der Waals surface area contributed by atoms with E-state index >= 15 is 0 Å². The van der Waals surface area contributed by atoms with E-state index in [1.54, 1.807) is 0 Å². The topological polar surface area (TPSA) is 33.1 Å². The maximum absolute atomic E-state index is 11.9. The minimum atomic E-state index is -0.662. The fraction of sp³-hybridized carbons (Fsp3) is 0.167. The van der Waals surface area contributed by atoms with E-state index in [1.165, 1.54) is 12.3 Å². The summed E-state index contributed by atoms with van der Waals surface area (Å²) in [5.74, 6) is -0.762. The summed E-state index contributed by atoms with van der Waals surface area (Å²) >= 11 is 0. The average molecular weight is 129 g/mol. The zero-order valence-corrected chi connectivity index (χ0v) is 4.00. The Bertz CT molecular complexity index is 173. The van der Waals surface area contributed by atoms with E-state index in [0.717, 1.165) is 6.07 Å². The Labute approximate surface area is 53.0 Å². The first kappa shape index (κ1) is 7.88. The van der Waals surface area contributed by atoms with Crippen LogP contribution in [0.25, 0.3) is 0 Å². The first-order valence-electron chi connectivity index (χ1n) is 2.09. The Morgan fingerprint density at radius 1 is 1.56 bits per heavy atom.